The van der Waals surface area contributed by atoms with E-state index in [-0.39, 0.29) is 5.75 Å². The molecule has 0 aromatic carbocycles. The van der Waals surface area contributed by atoms with Gasteiger partial charge >= 0.3 is 0 Å². The molecule has 0 spiro atoms. The van der Waals surface area contributed by atoms with Crippen molar-refractivity contribution in [2.45, 2.75) is 24.5 Å². The number of hydrogen-bond acceptors (Lipinski definition) is 6. The molecule has 1 aliphatic heterocycles. The largest absolute Gasteiger partial charge is 0.299 e. The summed E-state index contributed by atoms with van der Waals surface area (Å²) >= 11 is 1.17. The van der Waals surface area contributed by atoms with Gasteiger partial charge in [0.05, 0.1) is 5.75 Å². The standard InChI is InChI=1S/C8H11N3O3S2/c12-7(10-8-11-9-5-15-8)6-3-1-2-4-16(6,13)14/h5-6H,1-4H2,(H,10,11,12). The molecule has 0 radical (unpaired) electrons. The van der Waals surface area contributed by atoms with Crippen molar-refractivity contribution in [1.82, 2.24) is 10.2 Å². The predicted molar refractivity (Wildman–Crippen MR) is 60.0 cm³/mol. The fourth-order valence-electron chi connectivity index (χ4n) is 1.66. The summed E-state index contributed by atoms with van der Waals surface area (Å²) in [6.07, 6.45) is 1.81. The SMILES string of the molecule is O=C(Nc1nncs1)C1CCCCS1(=O)=O. The summed E-state index contributed by atoms with van der Waals surface area (Å²) in [5, 5.41) is 9.09. The number of anilines is 1. The van der Waals surface area contributed by atoms with Gasteiger partial charge in [-0.15, -0.1) is 10.2 Å². The summed E-state index contributed by atoms with van der Waals surface area (Å²) in [5.41, 5.74) is 1.48. The molecule has 0 aliphatic carbocycles. The van der Waals surface area contributed by atoms with Crippen molar-refractivity contribution in [3.63, 3.8) is 0 Å². The summed E-state index contributed by atoms with van der Waals surface area (Å²) in [7, 11) is -3.28. The third kappa shape index (κ3) is 2.38. The lowest BCUT2D eigenvalue weighted by atomic mass is 10.2. The molecule has 1 N–H and O–H groups in total. The van der Waals surface area contributed by atoms with E-state index in [9.17, 15) is 13.2 Å². The van der Waals surface area contributed by atoms with E-state index in [4.69, 9.17) is 0 Å². The van der Waals surface area contributed by atoms with E-state index in [1.165, 1.54) is 16.8 Å². The summed E-state index contributed by atoms with van der Waals surface area (Å²) in [6, 6.07) is 0. The van der Waals surface area contributed by atoms with Gasteiger partial charge in [0, 0.05) is 0 Å². The maximum absolute atomic E-state index is 11.7. The fraction of sp³-hybridized carbons (Fsp3) is 0.625. The number of amides is 1. The molecule has 1 aliphatic rings. The molecule has 88 valence electrons. The number of nitrogens with one attached hydrogen (secondary N) is 1. The Balaban J connectivity index is 2.09. The van der Waals surface area contributed by atoms with E-state index in [0.717, 1.165) is 6.42 Å². The van der Waals surface area contributed by atoms with Gasteiger partial charge in [-0.05, 0) is 12.8 Å². The molecule has 16 heavy (non-hydrogen) atoms. The summed E-state index contributed by atoms with van der Waals surface area (Å²) in [4.78, 5) is 11.7. The summed E-state index contributed by atoms with van der Waals surface area (Å²) in [6.45, 7) is 0. The highest BCUT2D eigenvalue weighted by atomic mass is 32.2. The highest BCUT2D eigenvalue weighted by Crippen LogP contribution is 2.21. The molecule has 1 amide bonds. The highest BCUT2D eigenvalue weighted by molar-refractivity contribution is 7.92. The molecule has 0 bridgehead atoms. The molecular formula is C8H11N3O3S2. The van der Waals surface area contributed by atoms with Gasteiger partial charge < -0.3 is 0 Å². The minimum atomic E-state index is -3.28. The maximum atomic E-state index is 11.7. The summed E-state index contributed by atoms with van der Waals surface area (Å²) in [5.74, 6) is -0.391. The second kappa shape index (κ2) is 4.46. The van der Waals surface area contributed by atoms with Crippen LogP contribution in [0.25, 0.3) is 0 Å². The number of hydrogen-bond donors (Lipinski definition) is 1. The average molecular weight is 261 g/mol. The van der Waals surface area contributed by atoms with Crippen LogP contribution >= 0.6 is 11.3 Å². The van der Waals surface area contributed by atoms with Gasteiger partial charge in [-0.25, -0.2) is 8.42 Å². The number of carbonyl (C=O) groups excluding carboxylic acids is 1. The van der Waals surface area contributed by atoms with Gasteiger partial charge in [0.1, 0.15) is 10.8 Å². The van der Waals surface area contributed by atoms with Gasteiger partial charge in [-0.3, -0.25) is 10.1 Å². The van der Waals surface area contributed by atoms with E-state index in [1.54, 1.807) is 0 Å². The van der Waals surface area contributed by atoms with Crippen LogP contribution in [0.4, 0.5) is 5.13 Å². The van der Waals surface area contributed by atoms with E-state index >= 15 is 0 Å². The monoisotopic (exact) mass is 261 g/mol. The first kappa shape index (κ1) is 11.5. The Morgan fingerprint density at radius 1 is 1.50 bits per heavy atom. The lowest BCUT2D eigenvalue weighted by molar-refractivity contribution is -0.116. The van der Waals surface area contributed by atoms with Gasteiger partial charge in [-0.2, -0.15) is 0 Å². The van der Waals surface area contributed by atoms with E-state index in [0.29, 0.717) is 18.0 Å². The molecule has 1 atom stereocenters. The fourth-order valence-corrected chi connectivity index (χ4v) is 3.91. The third-order valence-electron chi connectivity index (χ3n) is 2.46. The van der Waals surface area contributed by atoms with Crippen LogP contribution in [0.5, 0.6) is 0 Å². The zero-order valence-corrected chi connectivity index (χ0v) is 10.1. The Morgan fingerprint density at radius 2 is 2.31 bits per heavy atom. The zero-order valence-electron chi connectivity index (χ0n) is 8.42. The van der Waals surface area contributed by atoms with Crippen LogP contribution in [-0.4, -0.2) is 35.5 Å². The van der Waals surface area contributed by atoms with Crippen LogP contribution in [0.2, 0.25) is 0 Å². The van der Waals surface area contributed by atoms with Crippen LogP contribution < -0.4 is 5.32 Å². The minimum Gasteiger partial charge on any atom is -0.299 e. The Bertz CT molecular complexity index is 469. The molecule has 0 saturated carbocycles. The molecule has 1 aromatic heterocycles. The molecule has 6 nitrogen and oxygen atoms in total. The molecule has 8 heteroatoms. The second-order valence-corrected chi connectivity index (χ2v) is 6.72. The van der Waals surface area contributed by atoms with E-state index in [1.807, 2.05) is 0 Å². The van der Waals surface area contributed by atoms with Gasteiger partial charge in [-0.1, -0.05) is 17.8 Å². The predicted octanol–water partition coefficient (Wildman–Crippen LogP) is 0.444. The number of carbonyl (C=O) groups is 1. The topological polar surface area (TPSA) is 89.0 Å². The molecule has 1 saturated heterocycles. The molecular weight excluding hydrogens is 250 g/mol. The summed E-state index contributed by atoms with van der Waals surface area (Å²) < 4.78 is 23.3. The van der Waals surface area contributed by atoms with Crippen molar-refractivity contribution < 1.29 is 13.2 Å². The second-order valence-electron chi connectivity index (χ2n) is 3.58. The number of rotatable bonds is 2. The number of sulfone groups is 1. The van der Waals surface area contributed by atoms with Crippen LogP contribution in [-0.2, 0) is 14.6 Å². The van der Waals surface area contributed by atoms with Crippen LogP contribution in [0, 0.1) is 0 Å². The van der Waals surface area contributed by atoms with Gasteiger partial charge in [0.25, 0.3) is 0 Å². The van der Waals surface area contributed by atoms with Crippen molar-refractivity contribution in [3.05, 3.63) is 5.51 Å². The number of nitrogens with zero attached hydrogens (tertiary/aromatic N) is 2. The van der Waals surface area contributed by atoms with Crippen molar-refractivity contribution in [2.75, 3.05) is 11.1 Å². The van der Waals surface area contributed by atoms with Gasteiger partial charge in [0.15, 0.2) is 9.84 Å². The zero-order chi connectivity index (χ0) is 11.6. The average Bonchev–Trinajstić information content (AvgIpc) is 2.69. The van der Waals surface area contributed by atoms with Crippen LogP contribution in [0.3, 0.4) is 0 Å². The minimum absolute atomic E-state index is 0.0984. The van der Waals surface area contributed by atoms with E-state index in [2.05, 4.69) is 15.5 Å². The highest BCUT2D eigenvalue weighted by Gasteiger charge is 2.35. The Morgan fingerprint density at radius 3 is 2.94 bits per heavy atom. The molecule has 1 aromatic rings. The molecule has 1 fully saturated rings. The first-order valence-electron chi connectivity index (χ1n) is 4.88. The molecule has 2 heterocycles. The molecule has 2 rings (SSSR count). The van der Waals surface area contributed by atoms with Crippen LogP contribution in [0.1, 0.15) is 19.3 Å². The van der Waals surface area contributed by atoms with Crippen molar-refractivity contribution in [1.29, 1.82) is 0 Å². The quantitative estimate of drug-likeness (QED) is 0.834. The van der Waals surface area contributed by atoms with Crippen LogP contribution in [0.15, 0.2) is 5.51 Å². The lowest BCUT2D eigenvalue weighted by Gasteiger charge is -2.20. The Kier molecular flexibility index (Phi) is 3.20. The van der Waals surface area contributed by atoms with Crippen molar-refractivity contribution >= 4 is 32.2 Å². The lowest BCUT2D eigenvalue weighted by Crippen LogP contribution is -2.39. The first-order valence-corrected chi connectivity index (χ1v) is 7.48. The first-order chi connectivity index (χ1) is 7.59. The Labute approximate surface area is 97.0 Å². The Hall–Kier alpha value is -1.02. The maximum Gasteiger partial charge on any atom is 0.244 e. The smallest absolute Gasteiger partial charge is 0.244 e. The normalized spacial score (nSPS) is 23.9. The van der Waals surface area contributed by atoms with Crippen molar-refractivity contribution in [3.8, 4) is 0 Å². The van der Waals surface area contributed by atoms with E-state index < -0.39 is 21.0 Å². The van der Waals surface area contributed by atoms with Gasteiger partial charge in [0.2, 0.25) is 11.0 Å². The van der Waals surface area contributed by atoms with Crippen molar-refractivity contribution in [2.24, 2.45) is 0 Å². The molecule has 1 unspecified atom stereocenters. The number of aromatic nitrogens is 2. The third-order valence-corrected chi connectivity index (χ3v) is 5.24.